The maximum Gasteiger partial charge on any atom is 0.227 e. The minimum absolute atomic E-state index is 0.0666. The molecule has 1 saturated heterocycles. The lowest BCUT2D eigenvalue weighted by Gasteiger charge is -2.29. The van der Waals surface area contributed by atoms with Crippen molar-refractivity contribution in [1.82, 2.24) is 14.8 Å². The van der Waals surface area contributed by atoms with E-state index in [1.807, 2.05) is 4.90 Å². The Bertz CT molecular complexity index is 561. The molecule has 1 fully saturated rings. The molecule has 0 bridgehead atoms. The van der Waals surface area contributed by atoms with Gasteiger partial charge in [0.2, 0.25) is 5.91 Å². The number of carbonyl (C=O) groups excluding carboxylic acids is 1. The number of hydrogen-bond acceptors (Lipinski definition) is 4. The van der Waals surface area contributed by atoms with Gasteiger partial charge in [-0.3, -0.25) is 4.79 Å². The number of aromatic nitrogens is 1. The van der Waals surface area contributed by atoms with Gasteiger partial charge >= 0.3 is 0 Å². The van der Waals surface area contributed by atoms with Crippen LogP contribution in [0.2, 0.25) is 0 Å². The molecule has 24 heavy (non-hydrogen) atoms. The molecule has 1 amide bonds. The van der Waals surface area contributed by atoms with Crippen molar-refractivity contribution in [3.63, 3.8) is 0 Å². The zero-order chi connectivity index (χ0) is 17.1. The molecule has 1 unspecified atom stereocenters. The maximum atomic E-state index is 12.8. The van der Waals surface area contributed by atoms with Gasteiger partial charge in [-0.15, -0.1) is 0 Å². The third-order valence-corrected chi connectivity index (χ3v) is 5.17. The summed E-state index contributed by atoms with van der Waals surface area (Å²) in [6.45, 7) is 11.0. The topological polar surface area (TPSA) is 49.6 Å². The van der Waals surface area contributed by atoms with Crippen LogP contribution >= 0.6 is 0 Å². The van der Waals surface area contributed by atoms with E-state index in [2.05, 4.69) is 30.7 Å². The fourth-order valence-electron chi connectivity index (χ4n) is 3.70. The standard InChI is InChI=1S/C19H31N3O2/c1-14(2)6-7-18-20-16-13-22(11-8-17(16)24-18)19(23)15(3)12-21-9-4-5-10-21/h14-15H,4-13H2,1-3H3. The van der Waals surface area contributed by atoms with Gasteiger partial charge in [0.15, 0.2) is 5.89 Å². The van der Waals surface area contributed by atoms with Gasteiger partial charge in [-0.1, -0.05) is 20.8 Å². The first-order valence-corrected chi connectivity index (χ1v) is 9.51. The van der Waals surface area contributed by atoms with E-state index in [9.17, 15) is 4.79 Å². The Hall–Kier alpha value is -1.36. The molecule has 5 nitrogen and oxygen atoms in total. The summed E-state index contributed by atoms with van der Waals surface area (Å²) in [4.78, 5) is 21.8. The van der Waals surface area contributed by atoms with Crippen LogP contribution < -0.4 is 0 Å². The van der Waals surface area contributed by atoms with Crippen LogP contribution in [-0.2, 0) is 24.2 Å². The quantitative estimate of drug-likeness (QED) is 0.803. The number of nitrogens with zero attached hydrogens (tertiary/aromatic N) is 3. The van der Waals surface area contributed by atoms with E-state index in [-0.39, 0.29) is 11.8 Å². The zero-order valence-corrected chi connectivity index (χ0v) is 15.4. The van der Waals surface area contributed by atoms with Crippen LogP contribution in [0, 0.1) is 11.8 Å². The van der Waals surface area contributed by atoms with Gasteiger partial charge < -0.3 is 14.2 Å². The number of carbonyl (C=O) groups is 1. The van der Waals surface area contributed by atoms with Crippen LogP contribution in [0.1, 0.15) is 57.4 Å². The van der Waals surface area contributed by atoms with E-state index >= 15 is 0 Å². The normalized spacial score (nSPS) is 19.8. The van der Waals surface area contributed by atoms with E-state index < -0.39 is 0 Å². The molecule has 0 radical (unpaired) electrons. The fraction of sp³-hybridized carbons (Fsp3) is 0.789. The second kappa shape index (κ2) is 7.68. The van der Waals surface area contributed by atoms with E-state index in [0.29, 0.717) is 12.5 Å². The number of amides is 1. The minimum atomic E-state index is 0.0666. The monoisotopic (exact) mass is 333 g/mol. The van der Waals surface area contributed by atoms with Gasteiger partial charge in [0, 0.05) is 31.8 Å². The Labute approximate surface area is 145 Å². The number of aryl methyl sites for hydroxylation is 1. The van der Waals surface area contributed by atoms with E-state index in [1.54, 1.807) is 0 Å². The molecule has 134 valence electrons. The Balaban J connectivity index is 1.56. The van der Waals surface area contributed by atoms with Crippen molar-refractivity contribution in [1.29, 1.82) is 0 Å². The van der Waals surface area contributed by atoms with Gasteiger partial charge in [0.1, 0.15) is 11.5 Å². The van der Waals surface area contributed by atoms with Crippen molar-refractivity contribution in [3.05, 3.63) is 17.3 Å². The summed E-state index contributed by atoms with van der Waals surface area (Å²) in [6, 6.07) is 0. The van der Waals surface area contributed by atoms with E-state index in [0.717, 1.165) is 62.8 Å². The largest absolute Gasteiger partial charge is 0.445 e. The predicted octanol–water partition coefficient (Wildman–Crippen LogP) is 2.88. The average Bonchev–Trinajstić information content (AvgIpc) is 3.20. The van der Waals surface area contributed by atoms with Crippen LogP contribution in [0.3, 0.4) is 0 Å². The molecule has 0 aliphatic carbocycles. The van der Waals surface area contributed by atoms with Gasteiger partial charge in [0.05, 0.1) is 6.54 Å². The van der Waals surface area contributed by atoms with E-state index in [1.165, 1.54) is 12.8 Å². The smallest absolute Gasteiger partial charge is 0.227 e. The third kappa shape index (κ3) is 4.18. The SMILES string of the molecule is CC(C)CCc1nc2c(o1)CCN(C(=O)C(C)CN1CCCC1)C2. The summed E-state index contributed by atoms with van der Waals surface area (Å²) in [5, 5.41) is 0. The number of likely N-dealkylation sites (tertiary alicyclic amines) is 1. The molecular weight excluding hydrogens is 302 g/mol. The highest BCUT2D eigenvalue weighted by molar-refractivity contribution is 5.79. The highest BCUT2D eigenvalue weighted by Gasteiger charge is 2.29. The number of fused-ring (bicyclic) bond motifs is 1. The molecule has 0 aromatic carbocycles. The van der Waals surface area contributed by atoms with Crippen molar-refractivity contribution in [3.8, 4) is 0 Å². The first kappa shape index (κ1) is 17.5. The van der Waals surface area contributed by atoms with Gasteiger partial charge in [-0.2, -0.15) is 0 Å². The average molecular weight is 333 g/mol. The summed E-state index contributed by atoms with van der Waals surface area (Å²) >= 11 is 0. The molecule has 0 N–H and O–H groups in total. The highest BCUT2D eigenvalue weighted by Crippen LogP contribution is 2.23. The van der Waals surface area contributed by atoms with Crippen LogP contribution in [0.15, 0.2) is 4.42 Å². The molecule has 5 heteroatoms. The maximum absolute atomic E-state index is 12.8. The lowest BCUT2D eigenvalue weighted by atomic mass is 10.1. The van der Waals surface area contributed by atoms with E-state index in [4.69, 9.17) is 4.42 Å². The third-order valence-electron chi connectivity index (χ3n) is 5.17. The summed E-state index contributed by atoms with van der Waals surface area (Å²) in [5.41, 5.74) is 0.974. The van der Waals surface area contributed by atoms with Gasteiger partial charge in [-0.25, -0.2) is 4.98 Å². The molecule has 1 aromatic rings. The first-order valence-electron chi connectivity index (χ1n) is 9.51. The summed E-state index contributed by atoms with van der Waals surface area (Å²) in [7, 11) is 0. The van der Waals surface area contributed by atoms with Crippen molar-refractivity contribution in [2.45, 2.75) is 59.4 Å². The van der Waals surface area contributed by atoms with Crippen molar-refractivity contribution >= 4 is 5.91 Å². The summed E-state index contributed by atoms with van der Waals surface area (Å²) in [6.07, 6.45) is 5.32. The summed E-state index contributed by atoms with van der Waals surface area (Å²) in [5.74, 6) is 2.81. The van der Waals surface area contributed by atoms with Crippen LogP contribution in [-0.4, -0.2) is 46.9 Å². The molecule has 2 aliphatic rings. The number of oxazole rings is 1. The number of rotatable bonds is 6. The lowest BCUT2D eigenvalue weighted by Crippen LogP contribution is -2.42. The Morgan fingerprint density at radius 3 is 2.67 bits per heavy atom. The second-order valence-electron chi connectivity index (χ2n) is 7.83. The Kier molecular flexibility index (Phi) is 5.59. The molecule has 1 aromatic heterocycles. The molecule has 0 saturated carbocycles. The highest BCUT2D eigenvalue weighted by atomic mass is 16.4. The van der Waals surface area contributed by atoms with Crippen LogP contribution in [0.25, 0.3) is 0 Å². The van der Waals surface area contributed by atoms with Crippen molar-refractivity contribution in [2.75, 3.05) is 26.2 Å². The number of hydrogen-bond donors (Lipinski definition) is 0. The lowest BCUT2D eigenvalue weighted by molar-refractivity contribution is -0.136. The zero-order valence-electron chi connectivity index (χ0n) is 15.4. The molecule has 2 aliphatic heterocycles. The fourth-order valence-corrected chi connectivity index (χ4v) is 3.70. The van der Waals surface area contributed by atoms with Gasteiger partial charge in [0.25, 0.3) is 0 Å². The molecule has 3 rings (SSSR count). The molecule has 1 atom stereocenters. The van der Waals surface area contributed by atoms with Crippen LogP contribution in [0.5, 0.6) is 0 Å². The van der Waals surface area contributed by atoms with Crippen molar-refractivity contribution in [2.24, 2.45) is 11.8 Å². The molecule has 0 spiro atoms. The molecular formula is C19H31N3O2. The second-order valence-corrected chi connectivity index (χ2v) is 7.83. The summed E-state index contributed by atoms with van der Waals surface area (Å²) < 4.78 is 5.90. The Morgan fingerprint density at radius 1 is 1.21 bits per heavy atom. The Morgan fingerprint density at radius 2 is 1.96 bits per heavy atom. The molecule has 3 heterocycles. The minimum Gasteiger partial charge on any atom is -0.445 e. The van der Waals surface area contributed by atoms with Crippen LogP contribution in [0.4, 0.5) is 0 Å². The predicted molar refractivity (Wildman–Crippen MR) is 93.6 cm³/mol. The van der Waals surface area contributed by atoms with Crippen molar-refractivity contribution < 1.29 is 9.21 Å². The van der Waals surface area contributed by atoms with Gasteiger partial charge in [-0.05, 0) is 38.3 Å². The first-order chi connectivity index (χ1) is 11.5.